The summed E-state index contributed by atoms with van der Waals surface area (Å²) in [5.41, 5.74) is 2.40. The first-order valence-electron chi connectivity index (χ1n) is 9.04. The average Bonchev–Trinajstić information content (AvgIpc) is 2.59. The van der Waals surface area contributed by atoms with Crippen molar-refractivity contribution in [1.82, 2.24) is 16.0 Å². The van der Waals surface area contributed by atoms with E-state index in [4.69, 9.17) is 0 Å². The number of nitrogens with zero attached hydrogens (tertiary/aromatic N) is 1. The zero-order valence-corrected chi connectivity index (χ0v) is 17.6. The van der Waals surface area contributed by atoms with E-state index in [1.54, 1.807) is 0 Å². The molecule has 6 heteroatoms. The lowest BCUT2D eigenvalue weighted by Gasteiger charge is -2.23. The minimum atomic E-state index is 0. The van der Waals surface area contributed by atoms with Gasteiger partial charge in [0.05, 0.1) is 13.1 Å². The highest BCUT2D eigenvalue weighted by Crippen LogP contribution is 2.17. The van der Waals surface area contributed by atoms with Crippen LogP contribution >= 0.6 is 24.0 Å². The molecule has 1 amide bonds. The maximum absolute atomic E-state index is 12.1. The van der Waals surface area contributed by atoms with Gasteiger partial charge in [0.25, 0.3) is 0 Å². The molecule has 25 heavy (non-hydrogen) atoms. The van der Waals surface area contributed by atoms with Crippen molar-refractivity contribution >= 4 is 35.8 Å². The second-order valence-electron chi connectivity index (χ2n) is 6.44. The highest BCUT2D eigenvalue weighted by molar-refractivity contribution is 14.0. The first-order chi connectivity index (χ1) is 11.7. The lowest BCUT2D eigenvalue weighted by molar-refractivity contribution is -0.120. The van der Waals surface area contributed by atoms with Crippen molar-refractivity contribution in [3.8, 4) is 0 Å². The summed E-state index contributed by atoms with van der Waals surface area (Å²) in [5.74, 6) is 0.722. The van der Waals surface area contributed by atoms with Crippen LogP contribution in [0.5, 0.6) is 0 Å². The van der Waals surface area contributed by atoms with Crippen LogP contribution in [0.2, 0.25) is 0 Å². The Morgan fingerprint density at radius 3 is 2.44 bits per heavy atom. The van der Waals surface area contributed by atoms with Gasteiger partial charge < -0.3 is 16.0 Å². The summed E-state index contributed by atoms with van der Waals surface area (Å²) in [5, 5.41) is 9.41. The maximum Gasteiger partial charge on any atom is 0.239 e. The number of aryl methyl sites for hydroxylation is 1. The van der Waals surface area contributed by atoms with Crippen molar-refractivity contribution in [3.05, 3.63) is 35.4 Å². The molecule has 2 rings (SSSR count). The van der Waals surface area contributed by atoms with Crippen LogP contribution in [0.1, 0.15) is 50.2 Å². The van der Waals surface area contributed by atoms with Gasteiger partial charge in [-0.05, 0) is 32.3 Å². The van der Waals surface area contributed by atoms with Gasteiger partial charge in [-0.3, -0.25) is 4.79 Å². The molecular formula is C19H31IN4O. The SMILES string of the molecule is CCNC(=NCc1ccc(C)cc1)NCC(=O)NC1CCCCC1.I. The minimum absolute atomic E-state index is 0. The lowest BCUT2D eigenvalue weighted by Crippen LogP contribution is -2.46. The number of guanidine groups is 1. The van der Waals surface area contributed by atoms with Crippen LogP contribution in [-0.2, 0) is 11.3 Å². The van der Waals surface area contributed by atoms with E-state index in [-0.39, 0.29) is 36.4 Å². The zero-order valence-electron chi connectivity index (χ0n) is 15.3. The molecule has 0 heterocycles. The fraction of sp³-hybridized carbons (Fsp3) is 0.579. The molecule has 1 aromatic rings. The van der Waals surface area contributed by atoms with Crippen LogP contribution < -0.4 is 16.0 Å². The van der Waals surface area contributed by atoms with E-state index in [1.165, 1.54) is 24.8 Å². The van der Waals surface area contributed by atoms with Crippen molar-refractivity contribution in [2.24, 2.45) is 4.99 Å². The zero-order chi connectivity index (χ0) is 17.2. The quantitative estimate of drug-likeness (QED) is 0.349. The molecule has 0 atom stereocenters. The molecule has 1 fully saturated rings. The topological polar surface area (TPSA) is 65.5 Å². The van der Waals surface area contributed by atoms with Gasteiger partial charge in [-0.1, -0.05) is 49.1 Å². The van der Waals surface area contributed by atoms with Crippen LogP contribution in [0.3, 0.4) is 0 Å². The van der Waals surface area contributed by atoms with Gasteiger partial charge in [-0.25, -0.2) is 4.99 Å². The molecule has 5 nitrogen and oxygen atoms in total. The van der Waals surface area contributed by atoms with E-state index in [2.05, 4.69) is 52.1 Å². The summed E-state index contributed by atoms with van der Waals surface area (Å²) in [7, 11) is 0. The summed E-state index contributed by atoms with van der Waals surface area (Å²) in [4.78, 5) is 16.6. The molecule has 0 aromatic heterocycles. The number of rotatable bonds is 6. The van der Waals surface area contributed by atoms with Gasteiger partial charge >= 0.3 is 0 Å². The summed E-state index contributed by atoms with van der Waals surface area (Å²) in [6.07, 6.45) is 5.94. The third-order valence-corrected chi connectivity index (χ3v) is 4.27. The molecule has 0 radical (unpaired) electrons. The fourth-order valence-electron chi connectivity index (χ4n) is 2.90. The van der Waals surface area contributed by atoms with Crippen LogP contribution in [0.15, 0.2) is 29.3 Å². The Kier molecular flexibility index (Phi) is 10.5. The van der Waals surface area contributed by atoms with Gasteiger partial charge in [-0.2, -0.15) is 0 Å². The standard InChI is InChI=1S/C19H30N4O.HI/c1-3-20-19(21-13-16-11-9-15(2)10-12-16)22-14-18(24)23-17-7-5-4-6-8-17;/h9-12,17H,3-8,13-14H2,1-2H3,(H,23,24)(H2,20,21,22);1H. The van der Waals surface area contributed by atoms with E-state index in [9.17, 15) is 4.79 Å². The highest BCUT2D eigenvalue weighted by atomic mass is 127. The number of hydrogen-bond acceptors (Lipinski definition) is 2. The molecule has 0 saturated heterocycles. The number of carbonyl (C=O) groups excluding carboxylic acids is 1. The Hall–Kier alpha value is -1.31. The highest BCUT2D eigenvalue weighted by Gasteiger charge is 2.15. The minimum Gasteiger partial charge on any atom is -0.357 e. The lowest BCUT2D eigenvalue weighted by atomic mass is 9.95. The van der Waals surface area contributed by atoms with Gasteiger partial charge in [-0.15, -0.1) is 24.0 Å². The maximum atomic E-state index is 12.1. The monoisotopic (exact) mass is 458 g/mol. The number of hydrogen-bond donors (Lipinski definition) is 3. The summed E-state index contributed by atoms with van der Waals surface area (Å²) in [6, 6.07) is 8.68. The Bertz CT molecular complexity index is 539. The molecule has 0 bridgehead atoms. The summed E-state index contributed by atoms with van der Waals surface area (Å²) < 4.78 is 0. The van der Waals surface area contributed by atoms with Crippen LogP contribution in [0.25, 0.3) is 0 Å². The summed E-state index contributed by atoms with van der Waals surface area (Å²) >= 11 is 0. The molecule has 3 N–H and O–H groups in total. The Morgan fingerprint density at radius 1 is 1.12 bits per heavy atom. The number of amides is 1. The molecule has 0 spiro atoms. The first-order valence-corrected chi connectivity index (χ1v) is 9.04. The van der Waals surface area contributed by atoms with Gasteiger partial charge in [0.1, 0.15) is 0 Å². The Labute approximate surface area is 168 Å². The Morgan fingerprint density at radius 2 is 1.80 bits per heavy atom. The normalized spacial score (nSPS) is 15.2. The van der Waals surface area contributed by atoms with Gasteiger partial charge in [0, 0.05) is 12.6 Å². The molecule has 1 saturated carbocycles. The van der Waals surface area contributed by atoms with E-state index < -0.39 is 0 Å². The average molecular weight is 458 g/mol. The van der Waals surface area contributed by atoms with Crippen molar-refractivity contribution in [2.75, 3.05) is 13.1 Å². The van der Waals surface area contributed by atoms with Crippen molar-refractivity contribution < 1.29 is 4.79 Å². The molecule has 140 valence electrons. The van der Waals surface area contributed by atoms with Gasteiger partial charge in [0.2, 0.25) is 5.91 Å². The Balaban J connectivity index is 0.00000312. The van der Waals surface area contributed by atoms with E-state index in [0.29, 0.717) is 18.5 Å². The summed E-state index contributed by atoms with van der Waals surface area (Å²) in [6.45, 7) is 5.72. The third kappa shape index (κ3) is 8.56. The molecular weight excluding hydrogens is 427 g/mol. The predicted octanol–water partition coefficient (Wildman–Crippen LogP) is 3.12. The molecule has 1 aliphatic rings. The van der Waals surface area contributed by atoms with Crippen LogP contribution in [-0.4, -0.2) is 31.0 Å². The fourth-order valence-corrected chi connectivity index (χ4v) is 2.90. The second kappa shape index (κ2) is 12.1. The van der Waals surface area contributed by atoms with Crippen LogP contribution in [0, 0.1) is 6.92 Å². The smallest absolute Gasteiger partial charge is 0.239 e. The molecule has 0 aliphatic heterocycles. The third-order valence-electron chi connectivity index (χ3n) is 4.27. The number of carbonyl (C=O) groups is 1. The van der Waals surface area contributed by atoms with E-state index in [1.807, 2.05) is 6.92 Å². The second-order valence-corrected chi connectivity index (χ2v) is 6.44. The van der Waals surface area contributed by atoms with E-state index >= 15 is 0 Å². The molecule has 0 unspecified atom stereocenters. The van der Waals surface area contributed by atoms with Gasteiger partial charge in [0.15, 0.2) is 5.96 Å². The van der Waals surface area contributed by atoms with Crippen molar-refractivity contribution in [2.45, 2.75) is 58.5 Å². The van der Waals surface area contributed by atoms with Crippen molar-refractivity contribution in [1.29, 1.82) is 0 Å². The first kappa shape index (κ1) is 21.7. The van der Waals surface area contributed by atoms with E-state index in [0.717, 1.165) is 24.9 Å². The van der Waals surface area contributed by atoms with Crippen molar-refractivity contribution in [3.63, 3.8) is 0 Å². The molecule has 1 aromatic carbocycles. The molecule has 1 aliphatic carbocycles. The number of nitrogens with one attached hydrogen (secondary N) is 3. The largest absolute Gasteiger partial charge is 0.357 e. The number of halogens is 1. The number of aliphatic imine (C=N–C) groups is 1. The van der Waals surface area contributed by atoms with Crippen LogP contribution in [0.4, 0.5) is 0 Å². The number of benzene rings is 1. The predicted molar refractivity (Wildman–Crippen MR) is 114 cm³/mol.